The van der Waals surface area contributed by atoms with Gasteiger partial charge < -0.3 is 10.2 Å². The van der Waals surface area contributed by atoms with Crippen molar-refractivity contribution in [3.8, 4) is 0 Å². The van der Waals surface area contributed by atoms with E-state index in [1.54, 1.807) is 30.3 Å². The highest BCUT2D eigenvalue weighted by Crippen LogP contribution is 2.10. The Morgan fingerprint density at radius 2 is 2.10 bits per heavy atom. The Balaban J connectivity index is 2.14. The molecule has 0 aliphatic heterocycles. The molecule has 1 amide bonds. The number of amides is 1. The molecule has 110 valence electrons. The highest BCUT2D eigenvalue weighted by atomic mass is 16.2. The molecule has 0 aliphatic rings. The average molecular weight is 284 g/mol. The summed E-state index contributed by atoms with van der Waals surface area (Å²) in [5.74, 6) is 0.714. The molecular formula is C16H20N4O. The minimum Gasteiger partial charge on any atom is -0.373 e. The molecule has 0 aliphatic carbocycles. The SMILES string of the molecule is CCN(Cc1cccc(C)n1)C(=O)c1ccc(NC)nc1. The van der Waals surface area contributed by atoms with E-state index in [1.807, 2.05) is 32.0 Å². The van der Waals surface area contributed by atoms with Crippen molar-refractivity contribution in [2.24, 2.45) is 0 Å². The first-order valence-electron chi connectivity index (χ1n) is 6.99. The number of aryl methyl sites for hydroxylation is 1. The molecule has 5 heteroatoms. The third kappa shape index (κ3) is 3.78. The summed E-state index contributed by atoms with van der Waals surface area (Å²) in [5, 5.41) is 2.94. The van der Waals surface area contributed by atoms with Crippen LogP contribution in [0.15, 0.2) is 36.5 Å². The third-order valence-corrected chi connectivity index (χ3v) is 3.23. The van der Waals surface area contributed by atoms with Crippen LogP contribution in [-0.4, -0.2) is 34.4 Å². The lowest BCUT2D eigenvalue weighted by molar-refractivity contribution is 0.0750. The average Bonchev–Trinajstić information content (AvgIpc) is 2.52. The number of carbonyl (C=O) groups is 1. The molecule has 2 aromatic rings. The van der Waals surface area contributed by atoms with Gasteiger partial charge in [-0.05, 0) is 38.1 Å². The summed E-state index contributed by atoms with van der Waals surface area (Å²) in [4.78, 5) is 22.9. The number of aromatic nitrogens is 2. The molecule has 0 atom stereocenters. The van der Waals surface area contributed by atoms with E-state index in [-0.39, 0.29) is 5.91 Å². The Labute approximate surface area is 125 Å². The van der Waals surface area contributed by atoms with E-state index in [0.717, 1.165) is 17.2 Å². The van der Waals surface area contributed by atoms with Crippen LogP contribution in [0.1, 0.15) is 28.7 Å². The van der Waals surface area contributed by atoms with Gasteiger partial charge >= 0.3 is 0 Å². The summed E-state index contributed by atoms with van der Waals surface area (Å²) in [6, 6.07) is 9.42. The molecule has 0 fully saturated rings. The highest BCUT2D eigenvalue weighted by Gasteiger charge is 2.15. The fourth-order valence-electron chi connectivity index (χ4n) is 2.06. The zero-order valence-corrected chi connectivity index (χ0v) is 12.6. The normalized spacial score (nSPS) is 10.2. The van der Waals surface area contributed by atoms with Gasteiger partial charge in [0.15, 0.2) is 0 Å². The Hall–Kier alpha value is -2.43. The number of carbonyl (C=O) groups excluding carboxylic acids is 1. The van der Waals surface area contributed by atoms with Crippen LogP contribution >= 0.6 is 0 Å². The molecule has 2 rings (SSSR count). The quantitative estimate of drug-likeness (QED) is 0.916. The molecule has 0 radical (unpaired) electrons. The van der Waals surface area contributed by atoms with E-state index in [0.29, 0.717) is 18.7 Å². The van der Waals surface area contributed by atoms with Crippen LogP contribution < -0.4 is 5.32 Å². The van der Waals surface area contributed by atoms with Crippen molar-refractivity contribution in [2.75, 3.05) is 18.9 Å². The molecule has 2 heterocycles. The van der Waals surface area contributed by atoms with Crippen LogP contribution in [0.25, 0.3) is 0 Å². The largest absolute Gasteiger partial charge is 0.373 e. The first-order valence-corrected chi connectivity index (χ1v) is 6.99. The minimum absolute atomic E-state index is 0.0315. The number of hydrogen-bond acceptors (Lipinski definition) is 4. The summed E-state index contributed by atoms with van der Waals surface area (Å²) in [7, 11) is 1.80. The fraction of sp³-hybridized carbons (Fsp3) is 0.312. The van der Waals surface area contributed by atoms with E-state index in [2.05, 4.69) is 15.3 Å². The van der Waals surface area contributed by atoms with Crippen molar-refractivity contribution in [1.82, 2.24) is 14.9 Å². The first-order chi connectivity index (χ1) is 10.1. The molecule has 21 heavy (non-hydrogen) atoms. The Morgan fingerprint density at radius 1 is 1.29 bits per heavy atom. The molecule has 1 N–H and O–H groups in total. The highest BCUT2D eigenvalue weighted by molar-refractivity contribution is 5.94. The summed E-state index contributed by atoms with van der Waals surface area (Å²) in [5.41, 5.74) is 2.43. The number of anilines is 1. The molecule has 0 saturated heterocycles. The number of nitrogens with one attached hydrogen (secondary N) is 1. The van der Waals surface area contributed by atoms with Gasteiger partial charge in [-0.3, -0.25) is 9.78 Å². The number of nitrogens with zero attached hydrogens (tertiary/aromatic N) is 3. The first kappa shape index (κ1) is 15.0. The van der Waals surface area contributed by atoms with E-state index >= 15 is 0 Å². The van der Waals surface area contributed by atoms with Crippen LogP contribution in [0.5, 0.6) is 0 Å². The third-order valence-electron chi connectivity index (χ3n) is 3.23. The van der Waals surface area contributed by atoms with Crippen LogP contribution in [0.2, 0.25) is 0 Å². The van der Waals surface area contributed by atoms with Gasteiger partial charge in [0.1, 0.15) is 5.82 Å². The summed E-state index contributed by atoms with van der Waals surface area (Å²) >= 11 is 0. The maximum absolute atomic E-state index is 12.5. The molecule has 2 aromatic heterocycles. The van der Waals surface area contributed by atoms with Crippen LogP contribution in [0.4, 0.5) is 5.82 Å². The van der Waals surface area contributed by atoms with E-state index in [4.69, 9.17) is 0 Å². The second kappa shape index (κ2) is 6.83. The molecule has 0 bridgehead atoms. The Morgan fingerprint density at radius 3 is 2.67 bits per heavy atom. The van der Waals surface area contributed by atoms with E-state index in [9.17, 15) is 4.79 Å². The monoisotopic (exact) mass is 284 g/mol. The minimum atomic E-state index is -0.0315. The topological polar surface area (TPSA) is 58.1 Å². The van der Waals surface area contributed by atoms with Gasteiger partial charge in [0, 0.05) is 25.5 Å². The molecule has 0 spiro atoms. The summed E-state index contributed by atoms with van der Waals surface area (Å²) in [6.45, 7) is 5.04. The van der Waals surface area contributed by atoms with Crippen molar-refractivity contribution in [3.63, 3.8) is 0 Å². The lowest BCUT2D eigenvalue weighted by Gasteiger charge is -2.20. The van der Waals surface area contributed by atoms with Crippen molar-refractivity contribution in [1.29, 1.82) is 0 Å². The molecule has 0 aromatic carbocycles. The van der Waals surface area contributed by atoms with Crippen molar-refractivity contribution >= 4 is 11.7 Å². The standard InChI is InChI=1S/C16H20N4O/c1-4-20(11-14-7-5-6-12(2)19-14)16(21)13-8-9-15(17-3)18-10-13/h5-10H,4,11H2,1-3H3,(H,17,18). The van der Waals surface area contributed by atoms with E-state index < -0.39 is 0 Å². The number of hydrogen-bond donors (Lipinski definition) is 1. The molecule has 0 unspecified atom stereocenters. The van der Waals surface area contributed by atoms with Gasteiger partial charge in [0.2, 0.25) is 0 Å². The zero-order valence-electron chi connectivity index (χ0n) is 12.6. The van der Waals surface area contributed by atoms with Gasteiger partial charge in [0.25, 0.3) is 5.91 Å². The van der Waals surface area contributed by atoms with Crippen LogP contribution in [-0.2, 0) is 6.54 Å². The Kier molecular flexibility index (Phi) is 4.87. The van der Waals surface area contributed by atoms with Gasteiger partial charge in [0.05, 0.1) is 17.8 Å². The van der Waals surface area contributed by atoms with Gasteiger partial charge in [-0.15, -0.1) is 0 Å². The predicted molar refractivity (Wildman–Crippen MR) is 83.2 cm³/mol. The maximum atomic E-state index is 12.5. The van der Waals surface area contributed by atoms with Gasteiger partial charge in [-0.25, -0.2) is 4.98 Å². The zero-order chi connectivity index (χ0) is 15.2. The second-order valence-electron chi connectivity index (χ2n) is 4.77. The predicted octanol–water partition coefficient (Wildman–Crippen LogP) is 2.49. The van der Waals surface area contributed by atoms with Gasteiger partial charge in [-0.1, -0.05) is 6.07 Å². The lowest BCUT2D eigenvalue weighted by Crippen LogP contribution is -2.30. The summed E-state index contributed by atoms with van der Waals surface area (Å²) in [6.07, 6.45) is 1.60. The fourth-order valence-corrected chi connectivity index (χ4v) is 2.06. The Bertz CT molecular complexity index is 610. The lowest BCUT2D eigenvalue weighted by atomic mass is 10.2. The maximum Gasteiger partial charge on any atom is 0.255 e. The molecular weight excluding hydrogens is 264 g/mol. The van der Waals surface area contributed by atoms with Crippen LogP contribution in [0.3, 0.4) is 0 Å². The van der Waals surface area contributed by atoms with E-state index in [1.165, 1.54) is 0 Å². The van der Waals surface area contributed by atoms with Crippen LogP contribution in [0, 0.1) is 6.92 Å². The molecule has 0 saturated carbocycles. The van der Waals surface area contributed by atoms with Crippen molar-refractivity contribution < 1.29 is 4.79 Å². The number of rotatable bonds is 5. The smallest absolute Gasteiger partial charge is 0.255 e. The second-order valence-corrected chi connectivity index (χ2v) is 4.77. The van der Waals surface area contributed by atoms with Crippen molar-refractivity contribution in [2.45, 2.75) is 20.4 Å². The number of pyridine rings is 2. The van der Waals surface area contributed by atoms with Crippen molar-refractivity contribution in [3.05, 3.63) is 53.5 Å². The van der Waals surface area contributed by atoms with Gasteiger partial charge in [-0.2, -0.15) is 0 Å². The molecule has 5 nitrogen and oxygen atoms in total. The summed E-state index contributed by atoms with van der Waals surface area (Å²) < 4.78 is 0.